The van der Waals surface area contributed by atoms with Crippen molar-refractivity contribution in [1.29, 1.82) is 0 Å². The third-order valence-corrected chi connectivity index (χ3v) is 5.58. The molecule has 1 amide bonds. The van der Waals surface area contributed by atoms with Crippen LogP contribution < -0.4 is 10.6 Å². The average Bonchev–Trinajstić information content (AvgIpc) is 2.92. The maximum Gasteiger partial charge on any atom is 0.410 e. The Morgan fingerprint density at radius 2 is 1.96 bits per heavy atom. The standard InChI is InChI=1S/C19H34N4O3.HI/c1-7-20-16(22-14-13-8-9-25-15(13)19(14,5)6)21-12-10-23(11-12)17(24)26-18(2,3)4;/h12-15H,7-11H2,1-6H3,(H2,20,21,22);1H. The van der Waals surface area contributed by atoms with Gasteiger partial charge in [-0.25, -0.2) is 4.79 Å². The van der Waals surface area contributed by atoms with Gasteiger partial charge in [0.15, 0.2) is 5.96 Å². The second-order valence-electron chi connectivity index (χ2n) is 9.24. The molecule has 1 aliphatic carbocycles. The summed E-state index contributed by atoms with van der Waals surface area (Å²) in [5.41, 5.74) is -0.346. The highest BCUT2D eigenvalue weighted by atomic mass is 127. The number of rotatable bonds is 3. The van der Waals surface area contributed by atoms with Gasteiger partial charge in [-0.3, -0.25) is 4.99 Å². The minimum Gasteiger partial charge on any atom is -0.444 e. The van der Waals surface area contributed by atoms with Crippen LogP contribution in [-0.4, -0.2) is 67.0 Å². The first-order valence-electron chi connectivity index (χ1n) is 9.79. The molecule has 3 fully saturated rings. The number of nitrogens with zero attached hydrogens (tertiary/aromatic N) is 2. The summed E-state index contributed by atoms with van der Waals surface area (Å²) in [6.07, 6.45) is 1.22. The van der Waals surface area contributed by atoms with Gasteiger partial charge >= 0.3 is 6.09 Å². The van der Waals surface area contributed by atoms with E-state index in [0.717, 1.165) is 25.5 Å². The van der Waals surface area contributed by atoms with Gasteiger partial charge in [-0.2, -0.15) is 0 Å². The summed E-state index contributed by atoms with van der Waals surface area (Å²) in [5.74, 6) is 1.40. The number of likely N-dealkylation sites (tertiary alicyclic amines) is 1. The molecule has 3 unspecified atom stereocenters. The van der Waals surface area contributed by atoms with Gasteiger partial charge in [-0.05, 0) is 34.1 Å². The lowest BCUT2D eigenvalue weighted by molar-refractivity contribution is -0.107. The Hall–Kier alpha value is -0.770. The molecule has 0 bridgehead atoms. The fourth-order valence-electron chi connectivity index (χ4n) is 4.29. The summed E-state index contributed by atoms with van der Waals surface area (Å²) in [6, 6.07) is 0.578. The van der Waals surface area contributed by atoms with Crippen LogP contribution in [0.3, 0.4) is 0 Å². The number of halogens is 1. The van der Waals surface area contributed by atoms with Crippen LogP contribution in [0.1, 0.15) is 48.0 Å². The zero-order valence-electron chi connectivity index (χ0n) is 17.4. The molecule has 0 aromatic rings. The van der Waals surface area contributed by atoms with Crippen molar-refractivity contribution < 1.29 is 14.3 Å². The topological polar surface area (TPSA) is 75.2 Å². The van der Waals surface area contributed by atoms with E-state index in [9.17, 15) is 4.79 Å². The number of amides is 1. The molecule has 8 heteroatoms. The van der Waals surface area contributed by atoms with Crippen LogP contribution in [-0.2, 0) is 9.47 Å². The second-order valence-corrected chi connectivity index (χ2v) is 9.24. The molecule has 0 aromatic carbocycles. The van der Waals surface area contributed by atoms with Crippen molar-refractivity contribution in [3.05, 3.63) is 0 Å². The van der Waals surface area contributed by atoms with Crippen LogP contribution in [0, 0.1) is 11.3 Å². The van der Waals surface area contributed by atoms with Crippen molar-refractivity contribution in [2.24, 2.45) is 16.3 Å². The third kappa shape index (κ3) is 4.81. The number of nitrogens with one attached hydrogen (secondary N) is 2. The number of hydrogen-bond donors (Lipinski definition) is 2. The van der Waals surface area contributed by atoms with Crippen molar-refractivity contribution in [2.45, 2.75) is 71.8 Å². The SMILES string of the molecule is CCN=C(NC1CN(C(=O)OC(C)(C)C)C1)NC1C2CCOC2C1(C)C.I. The fourth-order valence-corrected chi connectivity index (χ4v) is 4.29. The number of aliphatic imine (C=N–C) groups is 1. The highest BCUT2D eigenvalue weighted by Crippen LogP contribution is 2.52. The molecule has 0 spiro atoms. The first-order valence-corrected chi connectivity index (χ1v) is 9.79. The van der Waals surface area contributed by atoms with E-state index in [-0.39, 0.29) is 41.5 Å². The van der Waals surface area contributed by atoms with Crippen molar-refractivity contribution in [3.63, 3.8) is 0 Å². The summed E-state index contributed by atoms with van der Waals surface area (Å²) < 4.78 is 11.3. The Balaban J connectivity index is 0.00000261. The normalized spacial score (nSPS) is 29.8. The summed E-state index contributed by atoms with van der Waals surface area (Å²) in [5, 5.41) is 7.09. The number of hydrogen-bond acceptors (Lipinski definition) is 4. The van der Waals surface area contributed by atoms with E-state index in [1.807, 2.05) is 27.7 Å². The van der Waals surface area contributed by atoms with Crippen LogP contribution in [0.4, 0.5) is 4.79 Å². The Kier molecular flexibility index (Phi) is 6.93. The van der Waals surface area contributed by atoms with E-state index >= 15 is 0 Å². The quantitative estimate of drug-likeness (QED) is 0.359. The summed E-state index contributed by atoms with van der Waals surface area (Å²) in [6.45, 7) is 15.1. The smallest absolute Gasteiger partial charge is 0.410 e. The number of carbonyl (C=O) groups excluding carboxylic acids is 1. The second kappa shape index (κ2) is 8.31. The van der Waals surface area contributed by atoms with Crippen LogP contribution in [0.5, 0.6) is 0 Å². The molecule has 2 N–H and O–H groups in total. The van der Waals surface area contributed by atoms with Gasteiger partial charge in [0, 0.05) is 43.6 Å². The zero-order valence-corrected chi connectivity index (χ0v) is 19.7. The van der Waals surface area contributed by atoms with Gasteiger partial charge in [-0.15, -0.1) is 24.0 Å². The van der Waals surface area contributed by atoms with E-state index in [1.165, 1.54) is 0 Å². The maximum absolute atomic E-state index is 12.1. The molecule has 1 saturated carbocycles. The summed E-state index contributed by atoms with van der Waals surface area (Å²) >= 11 is 0. The van der Waals surface area contributed by atoms with E-state index < -0.39 is 5.60 Å². The van der Waals surface area contributed by atoms with Gasteiger partial charge in [0.1, 0.15) is 5.60 Å². The van der Waals surface area contributed by atoms with E-state index in [4.69, 9.17) is 9.47 Å². The van der Waals surface area contributed by atoms with Crippen molar-refractivity contribution >= 4 is 36.0 Å². The number of ether oxygens (including phenoxy) is 2. The largest absolute Gasteiger partial charge is 0.444 e. The molecule has 7 nitrogen and oxygen atoms in total. The predicted octanol–water partition coefficient (Wildman–Crippen LogP) is 2.59. The van der Waals surface area contributed by atoms with E-state index in [2.05, 4.69) is 29.5 Å². The average molecular weight is 494 g/mol. The van der Waals surface area contributed by atoms with Crippen molar-refractivity contribution in [1.82, 2.24) is 15.5 Å². The summed E-state index contributed by atoms with van der Waals surface area (Å²) in [7, 11) is 0. The number of carbonyl (C=O) groups is 1. The van der Waals surface area contributed by atoms with Gasteiger partial charge in [-0.1, -0.05) is 13.8 Å². The molecule has 2 aliphatic heterocycles. The van der Waals surface area contributed by atoms with Crippen LogP contribution >= 0.6 is 24.0 Å². The van der Waals surface area contributed by atoms with Crippen LogP contribution in [0.25, 0.3) is 0 Å². The fraction of sp³-hybridized carbons (Fsp3) is 0.895. The van der Waals surface area contributed by atoms with Gasteiger partial charge < -0.3 is 25.0 Å². The summed E-state index contributed by atoms with van der Waals surface area (Å²) in [4.78, 5) is 18.4. The minimum absolute atomic E-state index is 0. The number of fused-ring (bicyclic) bond motifs is 1. The van der Waals surface area contributed by atoms with E-state index in [1.54, 1.807) is 4.90 Å². The molecule has 0 aromatic heterocycles. The highest BCUT2D eigenvalue weighted by molar-refractivity contribution is 14.0. The first kappa shape index (κ1) is 22.5. The van der Waals surface area contributed by atoms with Crippen molar-refractivity contribution in [3.8, 4) is 0 Å². The first-order chi connectivity index (χ1) is 12.1. The van der Waals surface area contributed by atoms with Crippen molar-refractivity contribution in [2.75, 3.05) is 26.2 Å². The molecule has 156 valence electrons. The van der Waals surface area contributed by atoms with Gasteiger partial charge in [0.05, 0.1) is 12.1 Å². The molecule has 3 aliphatic rings. The predicted molar refractivity (Wildman–Crippen MR) is 117 cm³/mol. The highest BCUT2D eigenvalue weighted by Gasteiger charge is 2.59. The monoisotopic (exact) mass is 494 g/mol. The van der Waals surface area contributed by atoms with Gasteiger partial charge in [0.25, 0.3) is 0 Å². The Labute approximate surface area is 180 Å². The Morgan fingerprint density at radius 1 is 1.30 bits per heavy atom. The Morgan fingerprint density at radius 3 is 2.56 bits per heavy atom. The molecule has 2 saturated heterocycles. The number of guanidine groups is 1. The lowest BCUT2D eigenvalue weighted by atomic mass is 9.57. The lowest BCUT2D eigenvalue weighted by Gasteiger charge is -2.55. The zero-order chi connectivity index (χ0) is 19.1. The molecule has 27 heavy (non-hydrogen) atoms. The molecule has 2 heterocycles. The van der Waals surface area contributed by atoms with Crippen LogP contribution in [0.15, 0.2) is 4.99 Å². The van der Waals surface area contributed by atoms with E-state index in [0.29, 0.717) is 31.2 Å². The van der Waals surface area contributed by atoms with Crippen LogP contribution in [0.2, 0.25) is 0 Å². The Bertz CT molecular complexity index is 570. The molecular weight excluding hydrogens is 459 g/mol. The minimum atomic E-state index is -0.457. The molecule has 3 rings (SSSR count). The van der Waals surface area contributed by atoms with Gasteiger partial charge in [0.2, 0.25) is 0 Å². The third-order valence-electron chi connectivity index (χ3n) is 5.58. The lowest BCUT2D eigenvalue weighted by Crippen LogP contribution is -2.70. The molecular formula is C19H35IN4O3. The molecule has 3 atom stereocenters. The molecule has 0 radical (unpaired) electrons. The maximum atomic E-state index is 12.1.